The second-order valence-corrected chi connectivity index (χ2v) is 18.1. The first-order valence-electron chi connectivity index (χ1n) is 21.7. The first kappa shape index (κ1) is 36.4. The summed E-state index contributed by atoms with van der Waals surface area (Å²) in [5.74, 6) is 0.708. The van der Waals surface area contributed by atoms with Crippen LogP contribution in [-0.2, 0) is 10.8 Å². The number of hydrogen-bond acceptors (Lipinski definition) is 2. The van der Waals surface area contributed by atoms with Crippen LogP contribution in [0.3, 0.4) is 0 Å². The molecular weight excluding hydrogens is 749 g/mol. The number of rotatable bonds is 5. The topological polar surface area (TPSA) is 25.8 Å². The minimum Gasteiger partial charge on any atom is -0.228 e. The van der Waals surface area contributed by atoms with Crippen molar-refractivity contribution in [3.63, 3.8) is 0 Å². The summed E-state index contributed by atoms with van der Waals surface area (Å²) in [6.07, 6.45) is 0. The lowest BCUT2D eigenvalue weighted by Gasteiger charge is -2.22. The predicted octanol–water partition coefficient (Wildman–Crippen LogP) is 15.7. The highest BCUT2D eigenvalue weighted by atomic mass is 14.9. The Balaban J connectivity index is 0.994. The van der Waals surface area contributed by atoms with Crippen LogP contribution in [0, 0.1) is 0 Å². The zero-order chi connectivity index (χ0) is 41.7. The van der Waals surface area contributed by atoms with Crippen LogP contribution in [0.15, 0.2) is 194 Å². The van der Waals surface area contributed by atoms with Crippen molar-refractivity contribution in [2.75, 3.05) is 0 Å². The minimum absolute atomic E-state index is 0.0973. The molecule has 0 amide bonds. The first-order chi connectivity index (χ1) is 30.2. The van der Waals surface area contributed by atoms with Gasteiger partial charge in [-0.15, -0.1) is 0 Å². The molecule has 62 heavy (non-hydrogen) atoms. The predicted molar refractivity (Wildman–Crippen MR) is 259 cm³/mol. The molecule has 0 aliphatic heterocycles. The molecule has 2 aliphatic carbocycles. The molecule has 0 fully saturated rings. The number of benzene rings is 9. The number of nitrogens with zero attached hydrogens (tertiary/aromatic N) is 2. The van der Waals surface area contributed by atoms with Gasteiger partial charge >= 0.3 is 0 Å². The lowest BCUT2D eigenvalue weighted by molar-refractivity contribution is 0.661. The average Bonchev–Trinajstić information content (AvgIpc) is 3.68. The van der Waals surface area contributed by atoms with Gasteiger partial charge in [0.1, 0.15) is 0 Å². The maximum Gasteiger partial charge on any atom is 0.160 e. The van der Waals surface area contributed by atoms with E-state index in [0.717, 1.165) is 33.6 Å². The molecule has 0 bridgehead atoms. The van der Waals surface area contributed by atoms with Crippen molar-refractivity contribution in [2.24, 2.45) is 0 Å². The third kappa shape index (κ3) is 5.49. The van der Waals surface area contributed by atoms with Crippen molar-refractivity contribution in [1.82, 2.24) is 9.97 Å². The molecule has 12 rings (SSSR count). The van der Waals surface area contributed by atoms with Crippen LogP contribution in [0.1, 0.15) is 49.9 Å². The van der Waals surface area contributed by atoms with Gasteiger partial charge in [0.05, 0.1) is 11.4 Å². The van der Waals surface area contributed by atoms with Gasteiger partial charge in [-0.05, 0) is 119 Å². The van der Waals surface area contributed by atoms with Crippen LogP contribution >= 0.6 is 0 Å². The highest BCUT2D eigenvalue weighted by molar-refractivity contribution is 6.02. The molecule has 294 valence electrons. The molecule has 0 spiro atoms. The second-order valence-electron chi connectivity index (χ2n) is 18.1. The maximum atomic E-state index is 5.34. The van der Waals surface area contributed by atoms with E-state index in [9.17, 15) is 0 Å². The van der Waals surface area contributed by atoms with Gasteiger partial charge in [-0.2, -0.15) is 0 Å². The Kier molecular flexibility index (Phi) is 7.96. The Morgan fingerprint density at radius 1 is 0.290 bits per heavy atom. The molecule has 10 aromatic rings. The molecule has 2 nitrogen and oxygen atoms in total. The number of aromatic nitrogens is 2. The summed E-state index contributed by atoms with van der Waals surface area (Å²) in [6, 6.07) is 71.0. The molecule has 2 heteroatoms. The molecule has 0 N–H and O–H groups in total. The molecule has 9 aromatic carbocycles. The van der Waals surface area contributed by atoms with Gasteiger partial charge in [0.2, 0.25) is 0 Å². The largest absolute Gasteiger partial charge is 0.228 e. The standard InChI is InChI=1S/C60H44N2/c1-59(2)50-26-14-24-44(56(50)48-32-40-18-8-10-20-42(40)34-52(48)59)37-28-30-38(31-29-37)54-36-55(62-58(61-54)39-16-6-5-7-17-39)46-23-13-12-22-45(46)47-25-15-27-51-57(47)49-33-41-19-9-11-21-43(41)35-53(49)60(51,3)4/h5-36H,1-4H3. The van der Waals surface area contributed by atoms with Crippen LogP contribution < -0.4 is 0 Å². The molecule has 1 aromatic heterocycles. The van der Waals surface area contributed by atoms with Crippen molar-refractivity contribution in [1.29, 1.82) is 0 Å². The highest BCUT2D eigenvalue weighted by Gasteiger charge is 2.38. The number of fused-ring (bicyclic) bond motifs is 8. The Morgan fingerprint density at radius 2 is 0.742 bits per heavy atom. The fraction of sp³-hybridized carbons (Fsp3) is 0.100. The van der Waals surface area contributed by atoms with Gasteiger partial charge < -0.3 is 0 Å². The van der Waals surface area contributed by atoms with Crippen LogP contribution in [-0.4, -0.2) is 9.97 Å². The molecule has 0 saturated carbocycles. The smallest absolute Gasteiger partial charge is 0.160 e. The Morgan fingerprint density at radius 3 is 1.34 bits per heavy atom. The van der Waals surface area contributed by atoms with Crippen molar-refractivity contribution in [2.45, 2.75) is 38.5 Å². The third-order valence-electron chi connectivity index (χ3n) is 13.9. The normalized spacial score (nSPS) is 14.1. The SMILES string of the molecule is CC1(C)c2cc3ccccc3cc2-c2c(-c3ccc(-c4cc(-c5ccccc5-c5cccc6c5-c5cc7ccccc7cc5C6(C)C)nc(-c5ccccc5)n4)cc3)cccc21. The minimum atomic E-state index is -0.137. The van der Waals surface area contributed by atoms with Gasteiger partial charge in [-0.3, -0.25) is 0 Å². The van der Waals surface area contributed by atoms with E-state index in [2.05, 4.69) is 216 Å². The molecule has 0 atom stereocenters. The summed E-state index contributed by atoms with van der Waals surface area (Å²) < 4.78 is 0. The zero-order valence-electron chi connectivity index (χ0n) is 35.4. The van der Waals surface area contributed by atoms with Crippen molar-refractivity contribution >= 4 is 21.5 Å². The molecule has 0 radical (unpaired) electrons. The van der Waals surface area contributed by atoms with Gasteiger partial charge in [0.15, 0.2) is 5.82 Å². The lowest BCUT2D eigenvalue weighted by atomic mass is 9.81. The fourth-order valence-electron chi connectivity index (χ4n) is 10.6. The summed E-state index contributed by atoms with van der Waals surface area (Å²) >= 11 is 0. The average molecular weight is 793 g/mol. The molecular formula is C60H44N2. The monoisotopic (exact) mass is 792 g/mol. The van der Waals surface area contributed by atoms with E-state index >= 15 is 0 Å². The first-order valence-corrected chi connectivity index (χ1v) is 21.7. The van der Waals surface area contributed by atoms with Crippen molar-refractivity contribution in [3.8, 4) is 78.4 Å². The Hall–Kier alpha value is -7.42. The van der Waals surface area contributed by atoms with E-state index in [1.807, 2.05) is 6.07 Å². The molecule has 1 heterocycles. The summed E-state index contributed by atoms with van der Waals surface area (Å²) in [6.45, 7) is 9.45. The van der Waals surface area contributed by atoms with Crippen molar-refractivity contribution in [3.05, 3.63) is 216 Å². The summed E-state index contributed by atoms with van der Waals surface area (Å²) in [4.78, 5) is 10.6. The summed E-state index contributed by atoms with van der Waals surface area (Å²) in [7, 11) is 0. The van der Waals surface area contributed by atoms with Gasteiger partial charge in [-0.25, -0.2) is 9.97 Å². The quantitative estimate of drug-likeness (QED) is 0.173. The van der Waals surface area contributed by atoms with Gasteiger partial charge in [-0.1, -0.05) is 191 Å². The van der Waals surface area contributed by atoms with E-state index < -0.39 is 0 Å². The highest BCUT2D eigenvalue weighted by Crippen LogP contribution is 2.55. The van der Waals surface area contributed by atoms with Gasteiger partial charge in [0, 0.05) is 27.5 Å². The van der Waals surface area contributed by atoms with Crippen LogP contribution in [0.4, 0.5) is 0 Å². The van der Waals surface area contributed by atoms with Crippen LogP contribution in [0.2, 0.25) is 0 Å². The fourth-order valence-corrected chi connectivity index (χ4v) is 10.6. The van der Waals surface area contributed by atoms with Crippen LogP contribution in [0.5, 0.6) is 0 Å². The van der Waals surface area contributed by atoms with Crippen LogP contribution in [0.25, 0.3) is 100.0 Å². The van der Waals surface area contributed by atoms with Gasteiger partial charge in [0.25, 0.3) is 0 Å². The maximum absolute atomic E-state index is 5.34. The summed E-state index contributed by atoms with van der Waals surface area (Å²) in [5.41, 5.74) is 20.3. The Labute approximate surface area is 363 Å². The molecule has 2 aliphatic rings. The summed E-state index contributed by atoms with van der Waals surface area (Å²) in [5, 5.41) is 5.10. The zero-order valence-corrected chi connectivity index (χ0v) is 35.4. The molecule has 0 unspecified atom stereocenters. The number of hydrogen-bond donors (Lipinski definition) is 0. The van der Waals surface area contributed by atoms with E-state index in [4.69, 9.17) is 9.97 Å². The third-order valence-corrected chi connectivity index (χ3v) is 13.9. The van der Waals surface area contributed by atoms with E-state index in [-0.39, 0.29) is 10.8 Å². The lowest BCUT2D eigenvalue weighted by Crippen LogP contribution is -2.14. The van der Waals surface area contributed by atoms with Crippen molar-refractivity contribution < 1.29 is 0 Å². The second kappa shape index (κ2) is 13.5. The molecule has 0 saturated heterocycles. The van der Waals surface area contributed by atoms with E-state index in [1.54, 1.807) is 0 Å². The van der Waals surface area contributed by atoms with E-state index in [1.165, 1.54) is 82.7 Å². The van der Waals surface area contributed by atoms with E-state index in [0.29, 0.717) is 5.82 Å². The Bertz CT molecular complexity index is 3450.